The highest BCUT2D eigenvalue weighted by Crippen LogP contribution is 2.28. The van der Waals surface area contributed by atoms with Crippen molar-refractivity contribution in [3.63, 3.8) is 0 Å². The minimum Gasteiger partial charge on any atom is -0.458 e. The Morgan fingerprint density at radius 1 is 1.10 bits per heavy atom. The number of aromatic nitrogens is 2. The zero-order chi connectivity index (χ0) is 22.7. The van der Waals surface area contributed by atoms with Gasteiger partial charge in [-0.05, 0) is 48.0 Å². The van der Waals surface area contributed by atoms with Gasteiger partial charge in [0.05, 0.1) is 18.7 Å². The number of carbonyl (C=O) groups is 2. The van der Waals surface area contributed by atoms with Crippen molar-refractivity contribution in [2.24, 2.45) is 0 Å². The number of aromatic amines is 1. The number of rotatable bonds is 5. The predicted octanol–water partition coefficient (Wildman–Crippen LogP) is 1.45. The van der Waals surface area contributed by atoms with Gasteiger partial charge in [-0.2, -0.15) is 0 Å². The number of likely N-dealkylation sites (tertiary alicyclic amines) is 1. The number of nitrogens with one attached hydrogen (secondary N) is 1. The molecule has 1 saturated heterocycles. The van der Waals surface area contributed by atoms with Crippen LogP contribution in [0.2, 0.25) is 0 Å². The molecular weight excluding hydrogens is 394 g/mol. The Morgan fingerprint density at radius 2 is 1.73 bits per heavy atom. The van der Waals surface area contributed by atoms with E-state index >= 15 is 0 Å². The molecule has 1 fully saturated rings. The molecule has 2 atom stereocenters. The fourth-order valence-corrected chi connectivity index (χ4v) is 3.16. The first kappa shape index (κ1) is 23.7. The monoisotopic (exact) mass is 425 g/mol. The van der Waals surface area contributed by atoms with Gasteiger partial charge in [0, 0.05) is 18.8 Å². The fourth-order valence-electron chi connectivity index (χ4n) is 3.16. The van der Waals surface area contributed by atoms with Gasteiger partial charge < -0.3 is 19.1 Å². The summed E-state index contributed by atoms with van der Waals surface area (Å²) in [4.78, 5) is 51.7. The first-order valence-electron chi connectivity index (χ1n) is 9.86. The lowest BCUT2D eigenvalue weighted by Gasteiger charge is -2.28. The van der Waals surface area contributed by atoms with Crippen molar-refractivity contribution in [1.82, 2.24) is 14.5 Å². The number of H-pyrrole nitrogens is 1. The maximum Gasteiger partial charge on any atom is 0.410 e. The average molecular weight is 425 g/mol. The third-order valence-corrected chi connectivity index (χ3v) is 4.22. The van der Waals surface area contributed by atoms with Crippen molar-refractivity contribution in [1.29, 1.82) is 0 Å². The largest absolute Gasteiger partial charge is 0.458 e. The van der Waals surface area contributed by atoms with Gasteiger partial charge in [-0.15, -0.1) is 0 Å². The van der Waals surface area contributed by atoms with Gasteiger partial charge in [0.1, 0.15) is 17.8 Å². The van der Waals surface area contributed by atoms with Crippen molar-refractivity contribution in [2.45, 2.75) is 71.2 Å². The maximum absolute atomic E-state index is 12.7. The van der Waals surface area contributed by atoms with Crippen LogP contribution in [0.3, 0.4) is 0 Å². The van der Waals surface area contributed by atoms with E-state index in [4.69, 9.17) is 14.2 Å². The van der Waals surface area contributed by atoms with Crippen LogP contribution in [0.1, 0.15) is 54.0 Å². The maximum atomic E-state index is 12.7. The molecule has 1 aliphatic heterocycles. The van der Waals surface area contributed by atoms with E-state index in [0.29, 0.717) is 6.42 Å². The Hall–Kier alpha value is -2.62. The summed E-state index contributed by atoms with van der Waals surface area (Å²) in [5.74, 6) is -0.502. The summed E-state index contributed by atoms with van der Waals surface area (Å²) in [7, 11) is 0. The van der Waals surface area contributed by atoms with Crippen LogP contribution in [0, 0.1) is 0 Å². The minimum absolute atomic E-state index is 0.0765. The van der Waals surface area contributed by atoms with Gasteiger partial charge in [0.2, 0.25) is 0 Å². The van der Waals surface area contributed by atoms with Gasteiger partial charge in [0.25, 0.3) is 5.56 Å². The van der Waals surface area contributed by atoms with Crippen LogP contribution in [-0.4, -0.2) is 63.5 Å². The van der Waals surface area contributed by atoms with Crippen molar-refractivity contribution in [2.75, 3.05) is 19.8 Å². The second-order valence-corrected chi connectivity index (χ2v) is 9.30. The molecule has 2 rings (SSSR count). The number of nitrogens with zero attached hydrogens (tertiary/aromatic N) is 2. The first-order chi connectivity index (χ1) is 13.7. The van der Waals surface area contributed by atoms with E-state index in [2.05, 4.69) is 4.98 Å². The van der Waals surface area contributed by atoms with Crippen LogP contribution < -0.4 is 11.2 Å². The van der Waals surface area contributed by atoms with Crippen molar-refractivity contribution in [3.8, 4) is 0 Å². The topological polar surface area (TPSA) is 120 Å². The molecule has 0 radical (unpaired) electrons. The summed E-state index contributed by atoms with van der Waals surface area (Å²) in [6.07, 6.45) is 1.27. The van der Waals surface area contributed by atoms with E-state index in [1.165, 1.54) is 21.7 Å². The molecule has 0 bridgehead atoms. The van der Waals surface area contributed by atoms with Crippen LogP contribution in [0.4, 0.5) is 4.79 Å². The van der Waals surface area contributed by atoms with Crippen LogP contribution in [0.25, 0.3) is 0 Å². The summed E-state index contributed by atoms with van der Waals surface area (Å²) < 4.78 is 17.6. The third-order valence-electron chi connectivity index (χ3n) is 4.22. The van der Waals surface area contributed by atoms with Gasteiger partial charge in [-0.1, -0.05) is 0 Å². The Labute approximate surface area is 175 Å². The average Bonchev–Trinajstić information content (AvgIpc) is 2.95. The van der Waals surface area contributed by atoms with Crippen LogP contribution >= 0.6 is 0 Å². The Bertz CT molecular complexity index is 876. The molecular formula is C20H31N3O7. The minimum atomic E-state index is -0.689. The van der Waals surface area contributed by atoms with E-state index in [1.807, 2.05) is 0 Å². The number of ether oxygens (including phenoxy) is 3. The predicted molar refractivity (Wildman–Crippen MR) is 108 cm³/mol. The van der Waals surface area contributed by atoms with Gasteiger partial charge in [0.15, 0.2) is 0 Å². The molecule has 30 heavy (non-hydrogen) atoms. The Kier molecular flexibility index (Phi) is 7.12. The Balaban J connectivity index is 2.11. The normalized spacial score (nSPS) is 19.6. The molecule has 1 aromatic rings. The van der Waals surface area contributed by atoms with E-state index in [0.717, 1.165) is 0 Å². The molecule has 1 aromatic heterocycles. The number of carbonyl (C=O) groups excluding carboxylic acids is 2. The second-order valence-electron chi connectivity index (χ2n) is 9.30. The number of hydrogen-bond acceptors (Lipinski definition) is 7. The highest BCUT2D eigenvalue weighted by atomic mass is 16.6. The summed E-state index contributed by atoms with van der Waals surface area (Å²) in [6, 6.07) is 0.481. The summed E-state index contributed by atoms with van der Waals surface area (Å²) in [5, 5.41) is 0. The van der Waals surface area contributed by atoms with Crippen LogP contribution in [-0.2, 0) is 19.0 Å². The molecule has 1 amide bonds. The quantitative estimate of drug-likeness (QED) is 0.709. The molecule has 168 valence electrons. The molecule has 1 aliphatic rings. The highest BCUT2D eigenvalue weighted by Gasteiger charge is 2.39. The summed E-state index contributed by atoms with van der Waals surface area (Å²) in [5.41, 5.74) is -2.35. The first-order valence-corrected chi connectivity index (χ1v) is 9.86. The molecule has 10 nitrogen and oxygen atoms in total. The summed E-state index contributed by atoms with van der Waals surface area (Å²) >= 11 is 0. The van der Waals surface area contributed by atoms with Crippen molar-refractivity contribution >= 4 is 12.1 Å². The van der Waals surface area contributed by atoms with Crippen molar-refractivity contribution in [3.05, 3.63) is 33.1 Å². The zero-order valence-electron chi connectivity index (χ0n) is 18.4. The molecule has 0 aliphatic carbocycles. The molecule has 0 spiro atoms. The molecule has 0 aromatic carbocycles. The lowest BCUT2D eigenvalue weighted by molar-refractivity contribution is -0.160. The highest BCUT2D eigenvalue weighted by molar-refractivity contribution is 5.71. The number of esters is 1. The molecule has 0 unspecified atom stereocenters. The van der Waals surface area contributed by atoms with Gasteiger partial charge >= 0.3 is 17.8 Å². The molecule has 2 heterocycles. The number of hydrogen-bond donors (Lipinski definition) is 1. The van der Waals surface area contributed by atoms with E-state index in [-0.39, 0.29) is 25.8 Å². The molecule has 0 saturated carbocycles. The van der Waals surface area contributed by atoms with Crippen LogP contribution in [0.5, 0.6) is 0 Å². The standard InChI is InChI=1S/C20H31N3O7/c1-19(2,3)29-16(25)12-28-11-14-9-13(22-8-7-15(24)21-17(22)26)10-23(14)18(27)30-20(4,5)6/h7-8,13-14H,9-12H2,1-6H3,(H,21,24,26)/t13-,14-/m1/s1. The summed E-state index contributed by atoms with van der Waals surface area (Å²) in [6.45, 7) is 10.6. The Morgan fingerprint density at radius 3 is 2.30 bits per heavy atom. The molecule has 10 heteroatoms. The van der Waals surface area contributed by atoms with Gasteiger partial charge in [-0.3, -0.25) is 14.3 Å². The van der Waals surface area contributed by atoms with Crippen molar-refractivity contribution < 1.29 is 23.8 Å². The third kappa shape index (κ3) is 7.01. The van der Waals surface area contributed by atoms with E-state index in [9.17, 15) is 19.2 Å². The lowest BCUT2D eigenvalue weighted by Crippen LogP contribution is -2.42. The smallest absolute Gasteiger partial charge is 0.410 e. The van der Waals surface area contributed by atoms with Gasteiger partial charge in [-0.25, -0.2) is 14.4 Å². The SMILES string of the molecule is CC(C)(C)OC(=O)COC[C@H]1C[C@@H](n2ccc(=O)[nH]c2=O)CN1C(=O)OC(C)(C)C. The fraction of sp³-hybridized carbons (Fsp3) is 0.700. The van der Waals surface area contributed by atoms with Crippen LogP contribution in [0.15, 0.2) is 21.9 Å². The second kappa shape index (κ2) is 9.03. The van der Waals surface area contributed by atoms with E-state index < -0.39 is 40.6 Å². The van der Waals surface area contributed by atoms with E-state index in [1.54, 1.807) is 41.5 Å². The number of amides is 1. The zero-order valence-corrected chi connectivity index (χ0v) is 18.4. The lowest BCUT2D eigenvalue weighted by atomic mass is 10.2. The molecule has 1 N–H and O–H groups in total.